The maximum Gasteiger partial charge on any atom is 0.337 e. The van der Waals surface area contributed by atoms with Crippen molar-refractivity contribution in [1.82, 2.24) is 0 Å². The Hall–Kier alpha value is -1.71. The van der Waals surface area contributed by atoms with Crippen LogP contribution in [-0.2, 0) is 0 Å². The zero-order valence-electron chi connectivity index (χ0n) is 12.7. The van der Waals surface area contributed by atoms with Crippen LogP contribution in [-0.4, -0.2) is 24.2 Å². The normalized spacial score (nSPS) is 20.7. The SMILES string of the molecule is CC1(C)CN(c2ccc(N)cc2C(=O)O)CC(C)(C)C1. The van der Waals surface area contributed by atoms with Gasteiger partial charge in [-0.3, -0.25) is 0 Å². The van der Waals surface area contributed by atoms with Crippen molar-refractivity contribution >= 4 is 17.3 Å². The van der Waals surface area contributed by atoms with Crippen molar-refractivity contribution in [2.24, 2.45) is 10.8 Å². The molecule has 1 fully saturated rings. The van der Waals surface area contributed by atoms with E-state index in [2.05, 4.69) is 32.6 Å². The molecule has 0 atom stereocenters. The summed E-state index contributed by atoms with van der Waals surface area (Å²) in [6.07, 6.45) is 1.13. The monoisotopic (exact) mass is 276 g/mol. The van der Waals surface area contributed by atoms with Gasteiger partial charge in [-0.2, -0.15) is 0 Å². The van der Waals surface area contributed by atoms with Crippen LogP contribution in [0.2, 0.25) is 0 Å². The van der Waals surface area contributed by atoms with Crippen molar-refractivity contribution in [3.8, 4) is 0 Å². The van der Waals surface area contributed by atoms with E-state index in [0.29, 0.717) is 11.3 Å². The van der Waals surface area contributed by atoms with Crippen LogP contribution in [0.15, 0.2) is 18.2 Å². The van der Waals surface area contributed by atoms with E-state index in [0.717, 1.165) is 25.2 Å². The van der Waals surface area contributed by atoms with Crippen molar-refractivity contribution in [2.75, 3.05) is 23.7 Å². The summed E-state index contributed by atoms with van der Waals surface area (Å²) in [7, 11) is 0. The van der Waals surface area contributed by atoms with Crippen LogP contribution >= 0.6 is 0 Å². The molecule has 110 valence electrons. The molecule has 0 spiro atoms. The van der Waals surface area contributed by atoms with Gasteiger partial charge < -0.3 is 15.7 Å². The first kappa shape index (κ1) is 14.7. The number of carboxylic acid groups (broad SMARTS) is 1. The maximum atomic E-state index is 11.5. The molecule has 1 aromatic carbocycles. The molecular weight excluding hydrogens is 252 g/mol. The molecule has 20 heavy (non-hydrogen) atoms. The van der Waals surface area contributed by atoms with Crippen molar-refractivity contribution in [3.63, 3.8) is 0 Å². The fraction of sp³-hybridized carbons (Fsp3) is 0.562. The smallest absolute Gasteiger partial charge is 0.337 e. The number of rotatable bonds is 2. The summed E-state index contributed by atoms with van der Waals surface area (Å²) in [6.45, 7) is 10.7. The third kappa shape index (κ3) is 3.06. The van der Waals surface area contributed by atoms with Gasteiger partial charge in [-0.25, -0.2) is 4.79 Å². The summed E-state index contributed by atoms with van der Waals surface area (Å²) in [6, 6.07) is 5.15. The van der Waals surface area contributed by atoms with Crippen molar-refractivity contribution in [3.05, 3.63) is 23.8 Å². The summed E-state index contributed by atoms with van der Waals surface area (Å²) in [4.78, 5) is 13.6. The minimum absolute atomic E-state index is 0.166. The summed E-state index contributed by atoms with van der Waals surface area (Å²) in [5.41, 5.74) is 7.60. The lowest BCUT2D eigenvalue weighted by Crippen LogP contribution is -2.49. The van der Waals surface area contributed by atoms with E-state index in [9.17, 15) is 9.90 Å². The summed E-state index contributed by atoms with van der Waals surface area (Å²) in [5.74, 6) is -0.923. The number of carbonyl (C=O) groups is 1. The van der Waals surface area contributed by atoms with E-state index in [4.69, 9.17) is 5.73 Å². The first-order valence-electron chi connectivity index (χ1n) is 6.97. The van der Waals surface area contributed by atoms with Crippen LogP contribution in [0.4, 0.5) is 11.4 Å². The predicted octanol–water partition coefficient (Wildman–Crippen LogP) is 3.23. The van der Waals surface area contributed by atoms with Crippen molar-refractivity contribution in [2.45, 2.75) is 34.1 Å². The number of benzene rings is 1. The van der Waals surface area contributed by atoms with Crippen LogP contribution in [0, 0.1) is 10.8 Å². The largest absolute Gasteiger partial charge is 0.478 e. The van der Waals surface area contributed by atoms with Crippen LogP contribution in [0.5, 0.6) is 0 Å². The van der Waals surface area contributed by atoms with Crippen molar-refractivity contribution in [1.29, 1.82) is 0 Å². The van der Waals surface area contributed by atoms with Gasteiger partial charge in [0, 0.05) is 18.8 Å². The second kappa shape index (κ2) is 4.69. The summed E-state index contributed by atoms with van der Waals surface area (Å²) >= 11 is 0. The molecule has 2 rings (SSSR count). The zero-order valence-corrected chi connectivity index (χ0v) is 12.7. The Bertz CT molecular complexity index is 519. The predicted molar refractivity (Wildman–Crippen MR) is 82.2 cm³/mol. The maximum absolute atomic E-state index is 11.5. The average Bonchev–Trinajstić information content (AvgIpc) is 2.24. The number of carboxylic acids is 1. The number of anilines is 2. The molecule has 1 aliphatic rings. The highest BCUT2D eigenvalue weighted by molar-refractivity contribution is 5.95. The number of hydrogen-bond acceptors (Lipinski definition) is 3. The highest BCUT2D eigenvalue weighted by atomic mass is 16.4. The van der Waals surface area contributed by atoms with E-state index in [-0.39, 0.29) is 10.8 Å². The Morgan fingerprint density at radius 2 is 1.75 bits per heavy atom. The van der Waals surface area contributed by atoms with Crippen LogP contribution in [0.3, 0.4) is 0 Å². The lowest BCUT2D eigenvalue weighted by molar-refractivity contribution is 0.0696. The summed E-state index contributed by atoms with van der Waals surface area (Å²) < 4.78 is 0. The van der Waals surface area contributed by atoms with Crippen LogP contribution in [0.1, 0.15) is 44.5 Å². The first-order valence-corrected chi connectivity index (χ1v) is 6.97. The van der Waals surface area contributed by atoms with Crippen LogP contribution in [0.25, 0.3) is 0 Å². The molecule has 0 saturated carbocycles. The number of nitrogen functional groups attached to an aromatic ring is 1. The van der Waals surface area contributed by atoms with E-state index in [1.165, 1.54) is 0 Å². The second-order valence-corrected chi connectivity index (χ2v) is 7.44. The topological polar surface area (TPSA) is 66.6 Å². The van der Waals surface area contributed by atoms with Gasteiger partial charge >= 0.3 is 5.97 Å². The van der Waals surface area contributed by atoms with Gasteiger partial charge in [-0.05, 0) is 35.4 Å². The fourth-order valence-electron chi connectivity index (χ4n) is 3.67. The molecule has 0 aliphatic carbocycles. The molecule has 0 aromatic heterocycles. The van der Waals surface area contributed by atoms with Gasteiger partial charge in [-0.15, -0.1) is 0 Å². The highest BCUT2D eigenvalue weighted by Crippen LogP contribution is 2.42. The number of hydrogen-bond donors (Lipinski definition) is 2. The lowest BCUT2D eigenvalue weighted by Gasteiger charge is -2.48. The molecule has 4 heteroatoms. The lowest BCUT2D eigenvalue weighted by atomic mass is 9.71. The molecule has 1 aliphatic heterocycles. The number of nitrogens with zero attached hydrogens (tertiary/aromatic N) is 1. The number of nitrogens with two attached hydrogens (primary N) is 1. The van der Waals surface area contributed by atoms with Gasteiger partial charge in [0.05, 0.1) is 11.3 Å². The average molecular weight is 276 g/mol. The Morgan fingerprint density at radius 3 is 2.25 bits per heavy atom. The van der Waals surface area contributed by atoms with E-state index in [1.807, 2.05) is 6.07 Å². The Balaban J connectivity index is 2.43. The molecule has 4 nitrogen and oxygen atoms in total. The second-order valence-electron chi connectivity index (χ2n) is 7.44. The molecule has 0 amide bonds. The van der Waals surface area contributed by atoms with E-state index < -0.39 is 5.97 Å². The molecule has 1 saturated heterocycles. The number of aromatic carboxylic acids is 1. The Labute approximate surface area is 120 Å². The standard InChI is InChI=1S/C16H24N2O2/c1-15(2)8-16(3,4)10-18(9-15)13-6-5-11(17)7-12(13)14(19)20/h5-7H,8-10,17H2,1-4H3,(H,19,20). The molecular formula is C16H24N2O2. The minimum Gasteiger partial charge on any atom is -0.478 e. The Kier molecular flexibility index (Phi) is 3.44. The van der Waals surface area contributed by atoms with Gasteiger partial charge in [0.1, 0.15) is 0 Å². The fourth-order valence-corrected chi connectivity index (χ4v) is 3.67. The van der Waals surface area contributed by atoms with Gasteiger partial charge in [0.25, 0.3) is 0 Å². The molecule has 1 aromatic rings. The minimum atomic E-state index is -0.923. The molecule has 0 bridgehead atoms. The number of piperidine rings is 1. The Morgan fingerprint density at radius 1 is 1.20 bits per heavy atom. The molecule has 1 heterocycles. The first-order chi connectivity index (χ1) is 9.10. The molecule has 0 unspecified atom stereocenters. The zero-order chi connectivity index (χ0) is 15.1. The summed E-state index contributed by atoms with van der Waals surface area (Å²) in [5, 5.41) is 9.40. The van der Waals surface area contributed by atoms with E-state index in [1.54, 1.807) is 12.1 Å². The molecule has 0 radical (unpaired) electrons. The van der Waals surface area contributed by atoms with Gasteiger partial charge in [0.2, 0.25) is 0 Å². The highest BCUT2D eigenvalue weighted by Gasteiger charge is 2.38. The quantitative estimate of drug-likeness (QED) is 0.814. The third-order valence-corrected chi connectivity index (χ3v) is 3.79. The van der Waals surface area contributed by atoms with Crippen LogP contribution < -0.4 is 10.6 Å². The van der Waals surface area contributed by atoms with E-state index >= 15 is 0 Å². The van der Waals surface area contributed by atoms with Crippen molar-refractivity contribution < 1.29 is 9.90 Å². The van der Waals surface area contributed by atoms with Gasteiger partial charge in [-0.1, -0.05) is 27.7 Å². The molecule has 3 N–H and O–H groups in total. The van der Waals surface area contributed by atoms with Gasteiger partial charge in [0.15, 0.2) is 0 Å². The third-order valence-electron chi connectivity index (χ3n) is 3.79.